The summed E-state index contributed by atoms with van der Waals surface area (Å²) >= 11 is 0. The maximum Gasteiger partial charge on any atom is -0.00140 e. The van der Waals surface area contributed by atoms with Gasteiger partial charge in [0, 0.05) is 0 Å². The Bertz CT molecular complexity index is 213. The molecule has 0 saturated heterocycles. The number of hydrogen-bond donors (Lipinski definition) is 1. The first-order chi connectivity index (χ1) is 7.29. The van der Waals surface area contributed by atoms with Crippen molar-refractivity contribution in [2.45, 2.75) is 46.0 Å². The van der Waals surface area contributed by atoms with Gasteiger partial charge in [0.25, 0.3) is 0 Å². The number of allylic oxidation sites excluding steroid dienone is 3. The molecule has 0 bridgehead atoms. The van der Waals surface area contributed by atoms with E-state index in [9.17, 15) is 0 Å². The van der Waals surface area contributed by atoms with Crippen LogP contribution in [0.1, 0.15) is 46.0 Å². The van der Waals surface area contributed by atoms with Crippen LogP contribution in [0.2, 0.25) is 0 Å². The second-order valence-electron chi connectivity index (χ2n) is 4.81. The molecule has 1 heteroatoms. The molecule has 0 unspecified atom stereocenters. The molecule has 1 aliphatic carbocycles. The molecule has 1 aliphatic rings. The van der Waals surface area contributed by atoms with Gasteiger partial charge in [-0.15, -0.1) is 0 Å². The quantitative estimate of drug-likeness (QED) is 0.655. The zero-order chi connectivity index (χ0) is 10.9. The summed E-state index contributed by atoms with van der Waals surface area (Å²) < 4.78 is 0. The van der Waals surface area contributed by atoms with Gasteiger partial charge in [0.05, 0.1) is 0 Å². The molecule has 1 rings (SSSR count). The van der Waals surface area contributed by atoms with Crippen molar-refractivity contribution in [2.24, 2.45) is 5.92 Å². The molecule has 0 radical (unpaired) electrons. The van der Waals surface area contributed by atoms with Gasteiger partial charge in [0.1, 0.15) is 0 Å². The molecule has 15 heavy (non-hydrogen) atoms. The third-order valence-corrected chi connectivity index (χ3v) is 2.70. The lowest BCUT2D eigenvalue weighted by molar-refractivity contribution is 0.557. The molecule has 1 N–H and O–H groups in total. The van der Waals surface area contributed by atoms with E-state index in [1.54, 1.807) is 5.57 Å². The molecule has 0 aromatic rings. The normalized spacial score (nSPS) is 17.4. The first-order valence-electron chi connectivity index (χ1n) is 6.35. The summed E-state index contributed by atoms with van der Waals surface area (Å²) in [4.78, 5) is 0. The summed E-state index contributed by atoms with van der Waals surface area (Å²) in [7, 11) is 0. The van der Waals surface area contributed by atoms with E-state index in [1.807, 2.05) is 0 Å². The summed E-state index contributed by atoms with van der Waals surface area (Å²) in [5.74, 6) is 0.759. The maximum atomic E-state index is 3.45. The lowest BCUT2D eigenvalue weighted by Crippen LogP contribution is -2.20. The zero-order valence-electron chi connectivity index (χ0n) is 10.3. The van der Waals surface area contributed by atoms with Crippen LogP contribution in [0.4, 0.5) is 0 Å². The topological polar surface area (TPSA) is 12.0 Å². The van der Waals surface area contributed by atoms with E-state index in [4.69, 9.17) is 0 Å². The molecule has 0 heterocycles. The van der Waals surface area contributed by atoms with Crippen molar-refractivity contribution in [1.29, 1.82) is 0 Å². The van der Waals surface area contributed by atoms with E-state index >= 15 is 0 Å². The highest BCUT2D eigenvalue weighted by molar-refractivity contribution is 5.19. The minimum atomic E-state index is 0.759. The summed E-state index contributed by atoms with van der Waals surface area (Å²) in [6.07, 6.45) is 13.5. The van der Waals surface area contributed by atoms with E-state index in [1.165, 1.54) is 25.7 Å². The Morgan fingerprint density at radius 3 is 2.93 bits per heavy atom. The Morgan fingerprint density at radius 2 is 2.27 bits per heavy atom. The summed E-state index contributed by atoms with van der Waals surface area (Å²) in [5, 5.41) is 3.45. The summed E-state index contributed by atoms with van der Waals surface area (Å²) in [6, 6.07) is 0. The van der Waals surface area contributed by atoms with E-state index in [-0.39, 0.29) is 0 Å². The lowest BCUT2D eigenvalue weighted by atomic mass is 9.99. The Hall–Kier alpha value is -0.560. The Kier molecular flexibility index (Phi) is 6.42. The van der Waals surface area contributed by atoms with Crippen molar-refractivity contribution >= 4 is 0 Å². The van der Waals surface area contributed by atoms with Crippen molar-refractivity contribution in [3.8, 4) is 0 Å². The SMILES string of the molecule is CC(C)CNCC/C=C/C1=CCCCC1. The molecule has 0 aromatic carbocycles. The highest BCUT2D eigenvalue weighted by atomic mass is 14.8. The number of hydrogen-bond acceptors (Lipinski definition) is 1. The minimum absolute atomic E-state index is 0.759. The van der Waals surface area contributed by atoms with E-state index in [0.717, 1.165) is 25.4 Å². The second kappa shape index (κ2) is 7.70. The van der Waals surface area contributed by atoms with Crippen LogP contribution in [-0.4, -0.2) is 13.1 Å². The van der Waals surface area contributed by atoms with Crippen LogP contribution >= 0.6 is 0 Å². The van der Waals surface area contributed by atoms with Crippen molar-refractivity contribution in [3.63, 3.8) is 0 Å². The summed E-state index contributed by atoms with van der Waals surface area (Å²) in [5.41, 5.74) is 1.55. The molecular formula is C14H25N. The third-order valence-electron chi connectivity index (χ3n) is 2.70. The van der Waals surface area contributed by atoms with Crippen molar-refractivity contribution in [1.82, 2.24) is 5.32 Å². The predicted octanol–water partition coefficient (Wildman–Crippen LogP) is 3.68. The standard InChI is InChI=1S/C14H25N/c1-13(2)12-15-11-7-6-10-14-8-4-3-5-9-14/h6,8,10,13,15H,3-5,7,9,11-12H2,1-2H3/b10-6+. The highest BCUT2D eigenvalue weighted by Crippen LogP contribution is 2.18. The average Bonchev–Trinajstić information content (AvgIpc) is 2.24. The molecular weight excluding hydrogens is 182 g/mol. The maximum absolute atomic E-state index is 3.45. The van der Waals surface area contributed by atoms with E-state index in [2.05, 4.69) is 37.4 Å². The van der Waals surface area contributed by atoms with Gasteiger partial charge >= 0.3 is 0 Å². The van der Waals surface area contributed by atoms with E-state index in [0.29, 0.717) is 0 Å². The molecule has 0 saturated carbocycles. The van der Waals surface area contributed by atoms with Gasteiger partial charge in [-0.1, -0.05) is 37.6 Å². The van der Waals surface area contributed by atoms with Crippen LogP contribution in [0.3, 0.4) is 0 Å². The fraction of sp³-hybridized carbons (Fsp3) is 0.714. The fourth-order valence-corrected chi connectivity index (χ4v) is 1.83. The molecule has 0 amide bonds. The van der Waals surface area contributed by atoms with Crippen molar-refractivity contribution in [2.75, 3.05) is 13.1 Å². The molecule has 1 nitrogen and oxygen atoms in total. The minimum Gasteiger partial charge on any atom is -0.316 e. The Labute approximate surface area is 94.6 Å². The van der Waals surface area contributed by atoms with Gasteiger partial charge in [-0.25, -0.2) is 0 Å². The third kappa shape index (κ3) is 6.51. The van der Waals surface area contributed by atoms with Crippen molar-refractivity contribution < 1.29 is 0 Å². The molecule has 0 fully saturated rings. The van der Waals surface area contributed by atoms with Gasteiger partial charge in [-0.05, 0) is 51.1 Å². The van der Waals surface area contributed by atoms with Crippen molar-refractivity contribution in [3.05, 3.63) is 23.8 Å². The van der Waals surface area contributed by atoms with Crippen LogP contribution in [0.25, 0.3) is 0 Å². The monoisotopic (exact) mass is 207 g/mol. The molecule has 0 aromatic heterocycles. The largest absolute Gasteiger partial charge is 0.316 e. The van der Waals surface area contributed by atoms with Crippen LogP contribution in [0.15, 0.2) is 23.8 Å². The van der Waals surface area contributed by atoms with Gasteiger partial charge in [0.2, 0.25) is 0 Å². The smallest absolute Gasteiger partial charge is 0.00140 e. The second-order valence-corrected chi connectivity index (χ2v) is 4.81. The summed E-state index contributed by atoms with van der Waals surface area (Å²) in [6.45, 7) is 6.74. The zero-order valence-corrected chi connectivity index (χ0v) is 10.3. The number of rotatable bonds is 6. The molecule has 0 spiro atoms. The first-order valence-corrected chi connectivity index (χ1v) is 6.35. The van der Waals surface area contributed by atoms with Crippen LogP contribution in [0, 0.1) is 5.92 Å². The Morgan fingerprint density at radius 1 is 1.40 bits per heavy atom. The van der Waals surface area contributed by atoms with Crippen LogP contribution < -0.4 is 5.32 Å². The van der Waals surface area contributed by atoms with Gasteiger partial charge < -0.3 is 5.32 Å². The van der Waals surface area contributed by atoms with E-state index < -0.39 is 0 Å². The lowest BCUT2D eigenvalue weighted by Gasteiger charge is -2.08. The fourth-order valence-electron chi connectivity index (χ4n) is 1.83. The van der Waals surface area contributed by atoms with Gasteiger partial charge in [0.15, 0.2) is 0 Å². The predicted molar refractivity (Wildman–Crippen MR) is 68.0 cm³/mol. The number of nitrogens with one attached hydrogen (secondary N) is 1. The van der Waals surface area contributed by atoms with Crippen LogP contribution in [0.5, 0.6) is 0 Å². The molecule has 86 valence electrons. The Balaban J connectivity index is 2.03. The molecule has 0 aliphatic heterocycles. The molecule has 0 atom stereocenters. The average molecular weight is 207 g/mol. The van der Waals surface area contributed by atoms with Crippen LogP contribution in [-0.2, 0) is 0 Å². The first kappa shape index (κ1) is 12.5. The highest BCUT2D eigenvalue weighted by Gasteiger charge is 1.98. The van der Waals surface area contributed by atoms with Gasteiger partial charge in [-0.3, -0.25) is 0 Å². The van der Waals surface area contributed by atoms with Gasteiger partial charge in [-0.2, -0.15) is 0 Å².